The summed E-state index contributed by atoms with van der Waals surface area (Å²) in [6.07, 6.45) is 2.00. The third kappa shape index (κ3) is 3.31. The number of hydrogen-bond acceptors (Lipinski definition) is 4. The number of nitrogens with one attached hydrogen (secondary N) is 2. The van der Waals surface area contributed by atoms with Gasteiger partial charge in [-0.25, -0.2) is 13.1 Å². The fourth-order valence-corrected chi connectivity index (χ4v) is 3.04. The number of benzene rings is 1. The number of sulfonamides is 1. The molecular formula is C15H18N2O4S. The molecule has 7 heteroatoms. The van der Waals surface area contributed by atoms with Gasteiger partial charge in [-0.3, -0.25) is 4.79 Å². The number of amides is 1. The normalized spacial score (nSPS) is 16.6. The van der Waals surface area contributed by atoms with Crippen molar-refractivity contribution >= 4 is 26.9 Å². The van der Waals surface area contributed by atoms with Crippen LogP contribution in [0.1, 0.15) is 24.6 Å². The minimum atomic E-state index is -3.57. The maximum absolute atomic E-state index is 12.0. The summed E-state index contributed by atoms with van der Waals surface area (Å²) in [5.74, 6) is -0.111. The number of para-hydroxylation sites is 1. The number of hydrogen-bond donors (Lipinski definition) is 2. The van der Waals surface area contributed by atoms with Crippen molar-refractivity contribution in [2.24, 2.45) is 5.92 Å². The van der Waals surface area contributed by atoms with Gasteiger partial charge in [-0.05, 0) is 37.9 Å². The zero-order valence-electron chi connectivity index (χ0n) is 12.2. The topological polar surface area (TPSA) is 88.4 Å². The molecule has 1 aliphatic carbocycles. The maximum Gasteiger partial charge on any atom is 0.237 e. The molecule has 0 aliphatic heterocycles. The Balaban J connectivity index is 1.80. The molecule has 0 spiro atoms. The third-order valence-corrected chi connectivity index (χ3v) is 5.06. The fourth-order valence-electron chi connectivity index (χ4n) is 2.47. The van der Waals surface area contributed by atoms with E-state index in [2.05, 4.69) is 10.0 Å². The Kier molecular flexibility index (Phi) is 3.92. The lowest BCUT2D eigenvalue weighted by Gasteiger charge is -2.15. The van der Waals surface area contributed by atoms with Crippen LogP contribution >= 0.6 is 0 Å². The molecule has 6 nitrogen and oxygen atoms in total. The largest absolute Gasteiger partial charge is 0.459 e. The monoisotopic (exact) mass is 322 g/mol. The quantitative estimate of drug-likeness (QED) is 0.844. The van der Waals surface area contributed by atoms with Crippen LogP contribution in [0, 0.1) is 5.92 Å². The predicted molar refractivity (Wildman–Crippen MR) is 82.7 cm³/mol. The molecule has 0 saturated heterocycles. The lowest BCUT2D eigenvalue weighted by molar-refractivity contribution is -0.119. The van der Waals surface area contributed by atoms with Crippen LogP contribution in [0.3, 0.4) is 0 Å². The van der Waals surface area contributed by atoms with Crippen LogP contribution in [0.4, 0.5) is 0 Å². The second kappa shape index (κ2) is 5.73. The van der Waals surface area contributed by atoms with Gasteiger partial charge < -0.3 is 9.73 Å². The molecule has 1 amide bonds. The molecule has 1 aromatic heterocycles. The van der Waals surface area contributed by atoms with Crippen molar-refractivity contribution in [3.63, 3.8) is 0 Å². The molecule has 1 aromatic carbocycles. The summed E-state index contributed by atoms with van der Waals surface area (Å²) in [5, 5.41) is 3.77. The van der Waals surface area contributed by atoms with E-state index in [0.29, 0.717) is 11.7 Å². The molecule has 118 valence electrons. The number of furan rings is 1. The third-order valence-electron chi connectivity index (χ3n) is 3.79. The molecule has 0 bridgehead atoms. The molecule has 0 radical (unpaired) electrons. The number of fused-ring (bicyclic) bond motifs is 1. The first kappa shape index (κ1) is 15.1. The average molecular weight is 322 g/mol. The molecule has 1 fully saturated rings. The van der Waals surface area contributed by atoms with E-state index in [9.17, 15) is 13.2 Å². The molecule has 1 aliphatic rings. The Morgan fingerprint density at radius 1 is 1.36 bits per heavy atom. The molecule has 2 N–H and O–H groups in total. The Bertz CT molecular complexity index is 760. The van der Waals surface area contributed by atoms with Crippen LogP contribution in [0.25, 0.3) is 11.0 Å². The standard InChI is InChI=1S/C15H18N2O4S/c1-16-22(19,20)9-14(18)17-15(10-6-7-10)13-8-11-4-2-3-5-12(11)21-13/h2-5,8,10,15-16H,6-7,9H2,1H3,(H,17,18)/t15-/m1/s1. The molecule has 1 heterocycles. The second-order valence-electron chi connectivity index (χ2n) is 5.53. The Morgan fingerprint density at radius 3 is 2.73 bits per heavy atom. The van der Waals surface area contributed by atoms with Crippen molar-refractivity contribution < 1.29 is 17.6 Å². The minimum Gasteiger partial charge on any atom is -0.459 e. The van der Waals surface area contributed by atoms with E-state index < -0.39 is 21.7 Å². The van der Waals surface area contributed by atoms with Gasteiger partial charge >= 0.3 is 0 Å². The summed E-state index contributed by atoms with van der Waals surface area (Å²) in [5.41, 5.74) is 0.764. The zero-order chi connectivity index (χ0) is 15.7. The van der Waals surface area contributed by atoms with E-state index in [1.807, 2.05) is 30.3 Å². The van der Waals surface area contributed by atoms with Gasteiger partial charge in [0.1, 0.15) is 17.1 Å². The van der Waals surface area contributed by atoms with E-state index in [1.165, 1.54) is 7.05 Å². The summed E-state index contributed by atoms with van der Waals surface area (Å²) in [4.78, 5) is 12.0. The van der Waals surface area contributed by atoms with Gasteiger partial charge in [-0.15, -0.1) is 0 Å². The molecule has 1 saturated carbocycles. The number of rotatable bonds is 6. The molecule has 22 heavy (non-hydrogen) atoms. The van der Waals surface area contributed by atoms with Crippen LogP contribution in [0.15, 0.2) is 34.7 Å². The smallest absolute Gasteiger partial charge is 0.237 e. The van der Waals surface area contributed by atoms with Crippen LogP contribution in [-0.2, 0) is 14.8 Å². The van der Waals surface area contributed by atoms with Gasteiger partial charge in [0.15, 0.2) is 0 Å². The van der Waals surface area contributed by atoms with Crippen LogP contribution < -0.4 is 10.0 Å². The predicted octanol–water partition coefficient (Wildman–Crippen LogP) is 1.55. The Labute approximate surface area is 128 Å². The van der Waals surface area contributed by atoms with Gasteiger partial charge in [0, 0.05) is 5.39 Å². The van der Waals surface area contributed by atoms with Gasteiger partial charge in [0.2, 0.25) is 15.9 Å². The first-order valence-corrected chi connectivity index (χ1v) is 8.83. The number of carbonyl (C=O) groups excluding carboxylic acids is 1. The average Bonchev–Trinajstić information content (AvgIpc) is 3.22. The Hall–Kier alpha value is -1.86. The second-order valence-corrected chi connectivity index (χ2v) is 7.46. The van der Waals surface area contributed by atoms with Crippen LogP contribution in [0.5, 0.6) is 0 Å². The molecule has 3 rings (SSSR count). The van der Waals surface area contributed by atoms with E-state index in [4.69, 9.17) is 4.42 Å². The van der Waals surface area contributed by atoms with Crippen molar-refractivity contribution in [2.75, 3.05) is 12.8 Å². The lowest BCUT2D eigenvalue weighted by atomic mass is 10.1. The van der Waals surface area contributed by atoms with Crippen LogP contribution in [0.2, 0.25) is 0 Å². The molecule has 1 atom stereocenters. The Morgan fingerprint density at radius 2 is 2.09 bits per heavy atom. The summed E-state index contributed by atoms with van der Waals surface area (Å²) in [7, 11) is -2.28. The zero-order valence-corrected chi connectivity index (χ0v) is 13.0. The van der Waals surface area contributed by atoms with Gasteiger partial charge in [0.05, 0.1) is 6.04 Å². The van der Waals surface area contributed by atoms with Gasteiger partial charge in [-0.1, -0.05) is 18.2 Å². The van der Waals surface area contributed by atoms with Crippen molar-refractivity contribution in [2.45, 2.75) is 18.9 Å². The van der Waals surface area contributed by atoms with Crippen molar-refractivity contribution in [1.82, 2.24) is 10.0 Å². The molecule has 2 aromatic rings. The molecular weight excluding hydrogens is 304 g/mol. The highest BCUT2D eigenvalue weighted by Gasteiger charge is 2.36. The minimum absolute atomic E-state index is 0.271. The van der Waals surface area contributed by atoms with E-state index in [0.717, 1.165) is 23.8 Å². The first-order valence-electron chi connectivity index (χ1n) is 7.17. The van der Waals surface area contributed by atoms with E-state index in [1.54, 1.807) is 0 Å². The van der Waals surface area contributed by atoms with Gasteiger partial charge in [0.25, 0.3) is 0 Å². The lowest BCUT2D eigenvalue weighted by Crippen LogP contribution is -2.37. The van der Waals surface area contributed by atoms with E-state index in [-0.39, 0.29) is 6.04 Å². The molecule has 0 unspecified atom stereocenters. The SMILES string of the molecule is CNS(=O)(=O)CC(=O)N[C@@H](c1cc2ccccc2o1)C1CC1. The van der Waals surface area contributed by atoms with Crippen molar-refractivity contribution in [3.8, 4) is 0 Å². The first-order chi connectivity index (χ1) is 10.5. The van der Waals surface area contributed by atoms with Crippen molar-refractivity contribution in [3.05, 3.63) is 36.1 Å². The summed E-state index contributed by atoms with van der Waals surface area (Å²) in [6, 6.07) is 9.26. The fraction of sp³-hybridized carbons (Fsp3) is 0.400. The van der Waals surface area contributed by atoms with Crippen molar-refractivity contribution in [1.29, 1.82) is 0 Å². The highest BCUT2D eigenvalue weighted by Crippen LogP contribution is 2.42. The summed E-state index contributed by atoms with van der Waals surface area (Å²) in [6.45, 7) is 0. The van der Waals surface area contributed by atoms with Crippen LogP contribution in [-0.4, -0.2) is 27.1 Å². The highest BCUT2D eigenvalue weighted by molar-refractivity contribution is 7.90. The summed E-state index contributed by atoms with van der Waals surface area (Å²) < 4.78 is 30.9. The highest BCUT2D eigenvalue weighted by atomic mass is 32.2. The van der Waals surface area contributed by atoms with Gasteiger partial charge in [-0.2, -0.15) is 0 Å². The number of carbonyl (C=O) groups is 1. The van der Waals surface area contributed by atoms with E-state index >= 15 is 0 Å². The summed E-state index contributed by atoms with van der Waals surface area (Å²) >= 11 is 0. The maximum atomic E-state index is 12.0.